The van der Waals surface area contributed by atoms with Gasteiger partial charge in [0.25, 0.3) is 0 Å². The Labute approximate surface area is 88.6 Å². The van der Waals surface area contributed by atoms with Crippen LogP contribution in [0.2, 0.25) is 0 Å². The van der Waals surface area contributed by atoms with Gasteiger partial charge < -0.3 is 10.5 Å². The third-order valence-electron chi connectivity index (χ3n) is 3.04. The van der Waals surface area contributed by atoms with Crippen LogP contribution >= 0.6 is 0 Å². The maximum absolute atomic E-state index is 5.77. The smallest absolute Gasteiger partial charge is 0.0593 e. The van der Waals surface area contributed by atoms with E-state index in [0.717, 1.165) is 32.6 Å². The van der Waals surface area contributed by atoms with Crippen molar-refractivity contribution in [1.82, 2.24) is 4.90 Å². The average molecular weight is 202 g/mol. The maximum atomic E-state index is 5.77. The summed E-state index contributed by atoms with van der Waals surface area (Å²) in [6, 6.07) is 0. The van der Waals surface area contributed by atoms with Crippen LogP contribution in [0.5, 0.6) is 0 Å². The zero-order valence-electron chi connectivity index (χ0n) is 10.2. The Bertz CT molecular complexity index is 135. The molecule has 0 aromatic heterocycles. The minimum Gasteiger partial charge on any atom is -0.380 e. The molecule has 0 aliphatic heterocycles. The van der Waals surface area contributed by atoms with Crippen LogP contribution < -0.4 is 5.73 Å². The molecule has 86 valence electrons. The molecule has 0 aliphatic carbocycles. The molecule has 14 heavy (non-hydrogen) atoms. The summed E-state index contributed by atoms with van der Waals surface area (Å²) >= 11 is 0. The summed E-state index contributed by atoms with van der Waals surface area (Å²) in [6.07, 6.45) is 2.17. The van der Waals surface area contributed by atoms with Gasteiger partial charge in [0.1, 0.15) is 0 Å². The molecule has 0 fully saturated rings. The summed E-state index contributed by atoms with van der Waals surface area (Å²) in [5, 5.41) is 0. The van der Waals surface area contributed by atoms with Crippen LogP contribution in [0, 0.1) is 0 Å². The highest BCUT2D eigenvalue weighted by atomic mass is 16.5. The first-order valence-electron chi connectivity index (χ1n) is 5.59. The van der Waals surface area contributed by atoms with Gasteiger partial charge in [0, 0.05) is 25.2 Å². The van der Waals surface area contributed by atoms with Crippen molar-refractivity contribution in [3.63, 3.8) is 0 Å². The van der Waals surface area contributed by atoms with Crippen molar-refractivity contribution >= 4 is 0 Å². The third-order valence-corrected chi connectivity index (χ3v) is 3.04. The lowest BCUT2D eigenvalue weighted by Crippen LogP contribution is -2.50. The van der Waals surface area contributed by atoms with Gasteiger partial charge in [-0.3, -0.25) is 4.90 Å². The Morgan fingerprint density at radius 3 is 2.36 bits per heavy atom. The normalized spacial score (nSPS) is 15.9. The molecule has 0 saturated carbocycles. The quantitative estimate of drug-likeness (QED) is 0.606. The van der Waals surface area contributed by atoms with E-state index in [4.69, 9.17) is 10.5 Å². The van der Waals surface area contributed by atoms with E-state index < -0.39 is 0 Å². The molecule has 1 atom stereocenters. The minimum absolute atomic E-state index is 0.121. The number of hydrogen-bond acceptors (Lipinski definition) is 3. The summed E-state index contributed by atoms with van der Waals surface area (Å²) in [6.45, 7) is 9.83. The van der Waals surface area contributed by atoms with Gasteiger partial charge >= 0.3 is 0 Å². The van der Waals surface area contributed by atoms with Gasteiger partial charge in [-0.05, 0) is 26.8 Å². The molecule has 0 saturated heterocycles. The lowest BCUT2D eigenvalue weighted by Gasteiger charge is -2.37. The van der Waals surface area contributed by atoms with Crippen LogP contribution in [-0.4, -0.2) is 43.8 Å². The Balaban J connectivity index is 3.75. The second-order valence-corrected chi connectivity index (χ2v) is 4.09. The lowest BCUT2D eigenvalue weighted by molar-refractivity contribution is 0.0690. The van der Waals surface area contributed by atoms with Gasteiger partial charge in [-0.1, -0.05) is 13.8 Å². The van der Waals surface area contributed by atoms with Crippen LogP contribution in [0.1, 0.15) is 33.6 Å². The van der Waals surface area contributed by atoms with E-state index in [1.807, 2.05) is 0 Å². The van der Waals surface area contributed by atoms with Crippen molar-refractivity contribution in [3.05, 3.63) is 0 Å². The number of rotatable bonds is 8. The molecule has 0 amide bonds. The molecule has 2 N–H and O–H groups in total. The van der Waals surface area contributed by atoms with E-state index in [2.05, 4.69) is 32.7 Å². The lowest BCUT2D eigenvalue weighted by atomic mass is 9.97. The molecular formula is C11H26N2O. The molecule has 3 heteroatoms. The van der Waals surface area contributed by atoms with Crippen LogP contribution in [0.4, 0.5) is 0 Å². The van der Waals surface area contributed by atoms with E-state index >= 15 is 0 Å². The fourth-order valence-corrected chi connectivity index (χ4v) is 1.29. The van der Waals surface area contributed by atoms with Crippen molar-refractivity contribution < 1.29 is 4.74 Å². The molecule has 0 aliphatic rings. The predicted molar refractivity (Wildman–Crippen MR) is 61.5 cm³/mol. The van der Waals surface area contributed by atoms with E-state index in [-0.39, 0.29) is 5.54 Å². The second kappa shape index (κ2) is 7.21. The fraction of sp³-hybridized carbons (Fsp3) is 1.00. The summed E-state index contributed by atoms with van der Waals surface area (Å²) < 4.78 is 5.46. The zero-order chi connectivity index (χ0) is 11.0. The monoisotopic (exact) mass is 202 g/mol. The molecule has 0 spiro atoms. The highest BCUT2D eigenvalue weighted by Gasteiger charge is 2.24. The molecule has 0 bridgehead atoms. The molecular weight excluding hydrogens is 176 g/mol. The third kappa shape index (κ3) is 4.40. The van der Waals surface area contributed by atoms with Crippen LogP contribution in [-0.2, 0) is 4.74 Å². The average Bonchev–Trinajstić information content (AvgIpc) is 2.22. The van der Waals surface area contributed by atoms with Crippen LogP contribution in [0.25, 0.3) is 0 Å². The molecule has 0 heterocycles. The summed E-state index contributed by atoms with van der Waals surface area (Å²) in [5.41, 5.74) is 5.89. The predicted octanol–water partition coefficient (Wildman–Crippen LogP) is 1.47. The summed E-state index contributed by atoms with van der Waals surface area (Å²) in [7, 11) is 2.12. The second-order valence-electron chi connectivity index (χ2n) is 4.09. The van der Waals surface area contributed by atoms with Crippen molar-refractivity contribution in [2.75, 3.05) is 33.4 Å². The molecule has 0 aromatic carbocycles. The Morgan fingerprint density at radius 1 is 1.29 bits per heavy atom. The van der Waals surface area contributed by atoms with Gasteiger partial charge in [0.15, 0.2) is 0 Å². The zero-order valence-corrected chi connectivity index (χ0v) is 10.2. The van der Waals surface area contributed by atoms with Gasteiger partial charge in [0.05, 0.1) is 6.61 Å². The van der Waals surface area contributed by atoms with Crippen molar-refractivity contribution in [2.24, 2.45) is 5.73 Å². The molecule has 0 radical (unpaired) electrons. The first-order chi connectivity index (χ1) is 6.60. The largest absolute Gasteiger partial charge is 0.380 e. The van der Waals surface area contributed by atoms with Crippen LogP contribution in [0.3, 0.4) is 0 Å². The maximum Gasteiger partial charge on any atom is 0.0593 e. The fourth-order valence-electron chi connectivity index (χ4n) is 1.29. The Hall–Kier alpha value is -0.120. The summed E-state index contributed by atoms with van der Waals surface area (Å²) in [4.78, 5) is 2.29. The van der Waals surface area contributed by atoms with Crippen molar-refractivity contribution in [1.29, 1.82) is 0 Å². The highest BCUT2D eigenvalue weighted by molar-refractivity contribution is 4.83. The number of hydrogen-bond donors (Lipinski definition) is 1. The van der Waals surface area contributed by atoms with Crippen LogP contribution in [0.15, 0.2) is 0 Å². The van der Waals surface area contributed by atoms with Gasteiger partial charge in [-0.25, -0.2) is 0 Å². The number of nitrogens with zero attached hydrogens (tertiary/aromatic N) is 1. The van der Waals surface area contributed by atoms with Crippen molar-refractivity contribution in [2.45, 2.75) is 39.2 Å². The van der Waals surface area contributed by atoms with E-state index in [1.165, 1.54) is 0 Å². The van der Waals surface area contributed by atoms with Gasteiger partial charge in [0.2, 0.25) is 0 Å². The van der Waals surface area contributed by atoms with E-state index in [0.29, 0.717) is 6.54 Å². The standard InChI is InChI=1S/C11H26N2O/c1-5-8-14-9-7-13(4)11(3,6-2)10-12/h5-10,12H2,1-4H3. The topological polar surface area (TPSA) is 38.5 Å². The first kappa shape index (κ1) is 13.9. The molecule has 0 rings (SSSR count). The number of likely N-dealkylation sites (N-methyl/N-ethyl adjacent to an activating group) is 1. The molecule has 0 aromatic rings. The Morgan fingerprint density at radius 2 is 1.93 bits per heavy atom. The van der Waals surface area contributed by atoms with E-state index in [9.17, 15) is 0 Å². The number of ether oxygens (including phenoxy) is 1. The van der Waals surface area contributed by atoms with Gasteiger partial charge in [-0.2, -0.15) is 0 Å². The SMILES string of the molecule is CCCOCCN(C)C(C)(CC)CN. The summed E-state index contributed by atoms with van der Waals surface area (Å²) in [5.74, 6) is 0. The molecule has 1 unspecified atom stereocenters. The highest BCUT2D eigenvalue weighted by Crippen LogP contribution is 2.15. The van der Waals surface area contributed by atoms with Crippen molar-refractivity contribution in [3.8, 4) is 0 Å². The first-order valence-corrected chi connectivity index (χ1v) is 5.59. The minimum atomic E-state index is 0.121. The van der Waals surface area contributed by atoms with E-state index in [1.54, 1.807) is 0 Å². The number of nitrogens with two attached hydrogens (primary N) is 1. The molecule has 3 nitrogen and oxygen atoms in total. The Kier molecular flexibility index (Phi) is 7.15. The van der Waals surface area contributed by atoms with Gasteiger partial charge in [-0.15, -0.1) is 0 Å².